The number of hydrogen-bond acceptors (Lipinski definition) is 5. The van der Waals surface area contributed by atoms with E-state index >= 15 is 0 Å². The van der Waals surface area contributed by atoms with Gasteiger partial charge >= 0.3 is 0 Å². The molecule has 3 heterocycles. The van der Waals surface area contributed by atoms with Crippen molar-refractivity contribution in [3.8, 4) is 0 Å². The van der Waals surface area contributed by atoms with E-state index in [0.717, 1.165) is 62.9 Å². The number of amides is 1. The van der Waals surface area contributed by atoms with E-state index in [4.69, 9.17) is 0 Å². The smallest absolute Gasteiger partial charge is 0.294 e. The Balaban J connectivity index is 1.52. The quantitative estimate of drug-likeness (QED) is 0.836. The van der Waals surface area contributed by atoms with Crippen LogP contribution in [0, 0.1) is 0 Å². The van der Waals surface area contributed by atoms with Crippen molar-refractivity contribution in [2.45, 2.75) is 51.1 Å². The van der Waals surface area contributed by atoms with Crippen LogP contribution in [0.25, 0.3) is 11.0 Å². The largest absolute Gasteiger partial charge is 0.353 e. The van der Waals surface area contributed by atoms with Gasteiger partial charge in [0.25, 0.3) is 5.56 Å². The second-order valence-electron chi connectivity index (χ2n) is 8.32. The van der Waals surface area contributed by atoms with Crippen molar-refractivity contribution >= 4 is 22.8 Å². The van der Waals surface area contributed by atoms with Gasteiger partial charge in [0.15, 0.2) is 5.82 Å². The van der Waals surface area contributed by atoms with Gasteiger partial charge in [-0.15, -0.1) is 0 Å². The molecule has 2 aromatic rings. The van der Waals surface area contributed by atoms with E-state index in [1.54, 1.807) is 4.57 Å². The molecule has 2 aliphatic heterocycles. The van der Waals surface area contributed by atoms with Crippen LogP contribution in [0.1, 0.15) is 38.5 Å². The van der Waals surface area contributed by atoms with Crippen LogP contribution in [-0.4, -0.2) is 59.6 Å². The number of nitrogens with one attached hydrogen (secondary N) is 1. The van der Waals surface area contributed by atoms with Gasteiger partial charge in [0.1, 0.15) is 0 Å². The molecule has 0 saturated carbocycles. The van der Waals surface area contributed by atoms with Crippen LogP contribution in [0.5, 0.6) is 0 Å². The fraction of sp³-hybridized carbons (Fsp3) is 0.591. The second kappa shape index (κ2) is 8.95. The lowest BCUT2D eigenvalue weighted by atomic mass is 10.1. The summed E-state index contributed by atoms with van der Waals surface area (Å²) in [5.74, 6) is 0.547. The SMILES string of the molecule is CN1CCC(NC(=O)CCn2c(=O)c(N3CCCCC3)nc3ccccc32)CC1. The van der Waals surface area contributed by atoms with Gasteiger partial charge in [-0.1, -0.05) is 12.1 Å². The predicted octanol–water partition coefficient (Wildman–Crippen LogP) is 1.99. The first kappa shape index (κ1) is 19.9. The number of likely N-dealkylation sites (tertiary alicyclic amines) is 1. The molecule has 7 nitrogen and oxygen atoms in total. The van der Waals surface area contributed by atoms with Crippen LogP contribution in [0.3, 0.4) is 0 Å². The Hall–Kier alpha value is -2.41. The average Bonchev–Trinajstić information content (AvgIpc) is 2.75. The summed E-state index contributed by atoms with van der Waals surface area (Å²) in [5, 5.41) is 3.15. The Morgan fingerprint density at radius 1 is 1.10 bits per heavy atom. The number of aryl methyl sites for hydroxylation is 1. The van der Waals surface area contributed by atoms with Crippen LogP contribution in [0.15, 0.2) is 29.1 Å². The molecular weight excluding hydrogens is 366 g/mol. The Kier molecular flexibility index (Phi) is 6.13. The Morgan fingerprint density at radius 2 is 1.83 bits per heavy atom. The van der Waals surface area contributed by atoms with Crippen molar-refractivity contribution in [3.63, 3.8) is 0 Å². The molecule has 0 unspecified atom stereocenters. The average molecular weight is 398 g/mol. The number of nitrogens with zero attached hydrogens (tertiary/aromatic N) is 4. The summed E-state index contributed by atoms with van der Waals surface area (Å²) in [6.45, 7) is 4.15. The van der Waals surface area contributed by atoms with E-state index in [9.17, 15) is 9.59 Å². The number of fused-ring (bicyclic) bond motifs is 1. The number of rotatable bonds is 5. The minimum Gasteiger partial charge on any atom is -0.353 e. The maximum Gasteiger partial charge on any atom is 0.294 e. The molecule has 0 spiro atoms. The zero-order valence-corrected chi connectivity index (χ0v) is 17.3. The van der Waals surface area contributed by atoms with E-state index in [1.807, 2.05) is 24.3 Å². The van der Waals surface area contributed by atoms with Crippen molar-refractivity contribution < 1.29 is 4.79 Å². The van der Waals surface area contributed by atoms with Crippen LogP contribution < -0.4 is 15.8 Å². The van der Waals surface area contributed by atoms with Gasteiger partial charge in [0.05, 0.1) is 11.0 Å². The fourth-order valence-corrected chi connectivity index (χ4v) is 4.38. The molecule has 7 heteroatoms. The van der Waals surface area contributed by atoms with Crippen LogP contribution in [0.2, 0.25) is 0 Å². The van der Waals surface area contributed by atoms with Gasteiger partial charge in [0.2, 0.25) is 5.91 Å². The number of para-hydroxylation sites is 2. The van der Waals surface area contributed by atoms with Crippen LogP contribution in [-0.2, 0) is 11.3 Å². The van der Waals surface area contributed by atoms with E-state index in [-0.39, 0.29) is 17.5 Å². The third-order valence-corrected chi connectivity index (χ3v) is 6.14. The van der Waals surface area contributed by atoms with Gasteiger partial charge in [-0.25, -0.2) is 4.98 Å². The first-order chi connectivity index (χ1) is 14.1. The number of anilines is 1. The molecular formula is C22H31N5O2. The molecule has 2 saturated heterocycles. The molecule has 0 radical (unpaired) electrons. The zero-order chi connectivity index (χ0) is 20.2. The normalized spacial score (nSPS) is 18.9. The first-order valence-corrected chi connectivity index (χ1v) is 10.8. The molecule has 2 fully saturated rings. The summed E-state index contributed by atoms with van der Waals surface area (Å²) in [6.07, 6.45) is 5.66. The maximum absolute atomic E-state index is 13.2. The molecule has 0 bridgehead atoms. The van der Waals surface area contributed by atoms with Crippen LogP contribution >= 0.6 is 0 Å². The highest BCUT2D eigenvalue weighted by molar-refractivity contribution is 5.78. The van der Waals surface area contributed by atoms with Crippen LogP contribution in [0.4, 0.5) is 5.82 Å². The Bertz CT molecular complexity index is 911. The minimum absolute atomic E-state index is 0.0202. The Labute approximate surface area is 171 Å². The predicted molar refractivity (Wildman–Crippen MR) is 115 cm³/mol. The molecule has 1 amide bonds. The summed E-state index contributed by atoms with van der Waals surface area (Å²) in [7, 11) is 2.11. The molecule has 4 rings (SSSR count). The summed E-state index contributed by atoms with van der Waals surface area (Å²) in [5.41, 5.74) is 1.52. The topological polar surface area (TPSA) is 70.5 Å². The number of carbonyl (C=O) groups excluding carboxylic acids is 1. The van der Waals surface area contributed by atoms with Crippen molar-refractivity contribution in [3.05, 3.63) is 34.6 Å². The van der Waals surface area contributed by atoms with Crippen molar-refractivity contribution in [1.82, 2.24) is 19.8 Å². The van der Waals surface area contributed by atoms with Gasteiger partial charge < -0.3 is 19.7 Å². The first-order valence-electron chi connectivity index (χ1n) is 10.8. The summed E-state index contributed by atoms with van der Waals surface area (Å²) in [4.78, 5) is 34.8. The summed E-state index contributed by atoms with van der Waals surface area (Å²) in [6, 6.07) is 7.96. The Morgan fingerprint density at radius 3 is 2.59 bits per heavy atom. The molecule has 1 N–H and O–H groups in total. The summed E-state index contributed by atoms with van der Waals surface area (Å²) < 4.78 is 1.74. The highest BCUT2D eigenvalue weighted by atomic mass is 16.2. The van der Waals surface area contributed by atoms with Gasteiger partial charge in [-0.2, -0.15) is 0 Å². The number of hydrogen-bond donors (Lipinski definition) is 1. The highest BCUT2D eigenvalue weighted by Crippen LogP contribution is 2.18. The van der Waals surface area contributed by atoms with Crippen molar-refractivity contribution in [1.29, 1.82) is 0 Å². The standard InChI is InChI=1S/C22H31N5O2/c1-25-14-9-17(10-15-25)23-20(28)11-16-27-19-8-4-3-7-18(19)24-21(22(27)29)26-12-5-2-6-13-26/h3-4,7-8,17H,2,5-6,9-16H2,1H3,(H,23,28). The van der Waals surface area contributed by atoms with Gasteiger partial charge in [-0.05, 0) is 64.4 Å². The number of aromatic nitrogens is 2. The maximum atomic E-state index is 13.2. The van der Waals surface area contributed by atoms with Crippen molar-refractivity contribution in [2.75, 3.05) is 38.1 Å². The lowest BCUT2D eigenvalue weighted by molar-refractivity contribution is -0.122. The zero-order valence-electron chi connectivity index (χ0n) is 17.3. The van der Waals surface area contributed by atoms with Gasteiger partial charge in [-0.3, -0.25) is 9.59 Å². The van der Waals surface area contributed by atoms with E-state index < -0.39 is 0 Å². The van der Waals surface area contributed by atoms with Crippen molar-refractivity contribution in [2.24, 2.45) is 0 Å². The van der Waals surface area contributed by atoms with Gasteiger partial charge in [0, 0.05) is 32.1 Å². The lowest BCUT2D eigenvalue weighted by Crippen LogP contribution is -2.43. The lowest BCUT2D eigenvalue weighted by Gasteiger charge is -2.29. The molecule has 2 aliphatic rings. The molecule has 1 aromatic carbocycles. The minimum atomic E-state index is -0.0855. The van der Waals surface area contributed by atoms with E-state index in [0.29, 0.717) is 18.8 Å². The molecule has 156 valence electrons. The van der Waals surface area contributed by atoms with E-state index in [1.165, 1.54) is 6.42 Å². The third-order valence-electron chi connectivity index (χ3n) is 6.14. The molecule has 1 aromatic heterocycles. The summed E-state index contributed by atoms with van der Waals surface area (Å²) >= 11 is 0. The second-order valence-corrected chi connectivity index (χ2v) is 8.32. The molecule has 0 atom stereocenters. The third kappa shape index (κ3) is 4.61. The fourth-order valence-electron chi connectivity index (χ4n) is 4.38. The number of benzene rings is 1. The molecule has 29 heavy (non-hydrogen) atoms. The number of piperidine rings is 2. The molecule has 0 aliphatic carbocycles. The highest BCUT2D eigenvalue weighted by Gasteiger charge is 2.21. The number of carbonyl (C=O) groups is 1. The monoisotopic (exact) mass is 397 g/mol. The van der Waals surface area contributed by atoms with E-state index in [2.05, 4.69) is 27.1 Å².